The average Bonchev–Trinajstić information content (AvgIpc) is 2.97. The van der Waals surface area contributed by atoms with Crippen molar-refractivity contribution >= 4 is 0 Å². The molecule has 0 saturated heterocycles. The number of hydrogen-bond acceptors (Lipinski definition) is 1. The van der Waals surface area contributed by atoms with Gasteiger partial charge in [0.2, 0.25) is 0 Å². The normalized spacial score (nSPS) is 22.1. The van der Waals surface area contributed by atoms with Crippen molar-refractivity contribution in [2.24, 2.45) is 17.8 Å². The molecule has 2 unspecified atom stereocenters. The monoisotopic (exact) mass is 226 g/mol. The van der Waals surface area contributed by atoms with Gasteiger partial charge in [-0.3, -0.25) is 0 Å². The topological polar surface area (TPSA) is 20.2 Å². The van der Waals surface area contributed by atoms with E-state index in [0.29, 0.717) is 5.92 Å². The standard InChI is InChI=1S/C15H30O/c1-12(2)6-5-7-13(3)10-11-15(4,16)14-8-9-14/h12-14,16H,5-11H2,1-4H3. The summed E-state index contributed by atoms with van der Waals surface area (Å²) in [7, 11) is 0. The van der Waals surface area contributed by atoms with Gasteiger partial charge in [-0.15, -0.1) is 0 Å². The van der Waals surface area contributed by atoms with E-state index in [0.717, 1.165) is 18.3 Å². The highest BCUT2D eigenvalue weighted by Crippen LogP contribution is 2.42. The van der Waals surface area contributed by atoms with Gasteiger partial charge in [0.15, 0.2) is 0 Å². The summed E-state index contributed by atoms with van der Waals surface area (Å²) in [6.07, 6.45) is 8.72. The summed E-state index contributed by atoms with van der Waals surface area (Å²) in [5, 5.41) is 10.2. The molecule has 96 valence electrons. The third kappa shape index (κ3) is 5.34. The van der Waals surface area contributed by atoms with Crippen molar-refractivity contribution in [2.75, 3.05) is 0 Å². The quantitative estimate of drug-likeness (QED) is 0.651. The largest absolute Gasteiger partial charge is 0.390 e. The van der Waals surface area contributed by atoms with Gasteiger partial charge in [0.1, 0.15) is 0 Å². The molecule has 0 aromatic carbocycles. The SMILES string of the molecule is CC(C)CCCC(C)CCC(C)(O)C1CC1. The van der Waals surface area contributed by atoms with Gasteiger partial charge in [-0.25, -0.2) is 0 Å². The molecule has 0 amide bonds. The Balaban J connectivity index is 2.07. The zero-order valence-electron chi connectivity index (χ0n) is 11.6. The molecule has 1 rings (SSSR count). The van der Waals surface area contributed by atoms with Crippen LogP contribution in [0.25, 0.3) is 0 Å². The maximum Gasteiger partial charge on any atom is 0.0647 e. The van der Waals surface area contributed by atoms with Gasteiger partial charge in [0.05, 0.1) is 5.60 Å². The fraction of sp³-hybridized carbons (Fsp3) is 1.00. The van der Waals surface area contributed by atoms with Crippen LogP contribution in [0, 0.1) is 17.8 Å². The van der Waals surface area contributed by atoms with Crippen LogP contribution in [0.2, 0.25) is 0 Å². The molecule has 0 spiro atoms. The van der Waals surface area contributed by atoms with Crippen LogP contribution in [0.15, 0.2) is 0 Å². The maximum atomic E-state index is 10.2. The lowest BCUT2D eigenvalue weighted by molar-refractivity contribution is 0.0220. The molecule has 0 aromatic rings. The van der Waals surface area contributed by atoms with Gasteiger partial charge in [0, 0.05) is 0 Å². The first-order valence-electron chi connectivity index (χ1n) is 7.14. The molecule has 1 aliphatic carbocycles. The molecule has 0 aliphatic heterocycles. The van der Waals surface area contributed by atoms with Crippen molar-refractivity contribution in [2.45, 2.75) is 78.2 Å². The van der Waals surface area contributed by atoms with Crippen molar-refractivity contribution in [1.29, 1.82) is 0 Å². The van der Waals surface area contributed by atoms with Crippen molar-refractivity contribution in [3.8, 4) is 0 Å². The van der Waals surface area contributed by atoms with Crippen LogP contribution in [0.4, 0.5) is 0 Å². The van der Waals surface area contributed by atoms with Crippen molar-refractivity contribution in [3.63, 3.8) is 0 Å². The third-order valence-electron chi connectivity index (χ3n) is 4.08. The molecule has 1 fully saturated rings. The predicted octanol–water partition coefficient (Wildman–Crippen LogP) is 4.39. The molecule has 0 bridgehead atoms. The second-order valence-corrected chi connectivity index (χ2v) is 6.60. The fourth-order valence-corrected chi connectivity index (χ4v) is 2.47. The number of rotatable bonds is 8. The van der Waals surface area contributed by atoms with E-state index in [1.807, 2.05) is 6.92 Å². The lowest BCUT2D eigenvalue weighted by Gasteiger charge is -2.24. The Bertz CT molecular complexity index is 192. The summed E-state index contributed by atoms with van der Waals surface area (Å²) in [5.74, 6) is 2.22. The highest BCUT2D eigenvalue weighted by atomic mass is 16.3. The minimum Gasteiger partial charge on any atom is -0.390 e. The van der Waals surface area contributed by atoms with Gasteiger partial charge in [0.25, 0.3) is 0 Å². The van der Waals surface area contributed by atoms with Gasteiger partial charge < -0.3 is 5.11 Å². The fourth-order valence-electron chi connectivity index (χ4n) is 2.47. The van der Waals surface area contributed by atoms with E-state index >= 15 is 0 Å². The highest BCUT2D eigenvalue weighted by Gasteiger charge is 2.39. The molecular formula is C15H30O. The Morgan fingerprint density at radius 1 is 1.12 bits per heavy atom. The Kier molecular flexibility index (Phi) is 5.30. The molecule has 1 saturated carbocycles. The Morgan fingerprint density at radius 3 is 2.25 bits per heavy atom. The van der Waals surface area contributed by atoms with Crippen molar-refractivity contribution < 1.29 is 5.11 Å². The summed E-state index contributed by atoms with van der Waals surface area (Å²) in [6.45, 7) is 8.96. The first kappa shape index (κ1) is 14.0. The predicted molar refractivity (Wildman–Crippen MR) is 70.4 cm³/mol. The van der Waals surface area contributed by atoms with E-state index in [1.165, 1.54) is 38.5 Å². The molecule has 2 atom stereocenters. The second-order valence-electron chi connectivity index (χ2n) is 6.60. The minimum absolute atomic E-state index is 0.369. The maximum absolute atomic E-state index is 10.2. The summed E-state index contributed by atoms with van der Waals surface area (Å²) < 4.78 is 0. The molecule has 1 heteroatoms. The van der Waals surface area contributed by atoms with Crippen LogP contribution in [0.5, 0.6) is 0 Å². The summed E-state index contributed by atoms with van der Waals surface area (Å²) in [4.78, 5) is 0. The highest BCUT2D eigenvalue weighted by molar-refractivity contribution is 4.91. The number of hydrogen-bond donors (Lipinski definition) is 1. The van der Waals surface area contributed by atoms with E-state index in [1.54, 1.807) is 0 Å². The van der Waals surface area contributed by atoms with Gasteiger partial charge in [-0.1, -0.05) is 40.0 Å². The third-order valence-corrected chi connectivity index (χ3v) is 4.08. The Morgan fingerprint density at radius 2 is 1.75 bits per heavy atom. The minimum atomic E-state index is -0.369. The summed E-state index contributed by atoms with van der Waals surface area (Å²) >= 11 is 0. The zero-order chi connectivity index (χ0) is 12.2. The summed E-state index contributed by atoms with van der Waals surface area (Å²) in [6, 6.07) is 0. The zero-order valence-corrected chi connectivity index (χ0v) is 11.6. The average molecular weight is 226 g/mol. The van der Waals surface area contributed by atoms with Gasteiger partial charge in [-0.05, 0) is 50.4 Å². The van der Waals surface area contributed by atoms with Crippen LogP contribution in [-0.4, -0.2) is 10.7 Å². The first-order chi connectivity index (χ1) is 7.42. The molecule has 0 aromatic heterocycles. The van der Waals surface area contributed by atoms with E-state index in [2.05, 4.69) is 20.8 Å². The molecule has 0 radical (unpaired) electrons. The first-order valence-corrected chi connectivity index (χ1v) is 7.14. The Hall–Kier alpha value is -0.0400. The molecule has 1 nitrogen and oxygen atoms in total. The van der Waals surface area contributed by atoms with Crippen LogP contribution in [-0.2, 0) is 0 Å². The lowest BCUT2D eigenvalue weighted by atomic mass is 9.88. The van der Waals surface area contributed by atoms with Gasteiger partial charge >= 0.3 is 0 Å². The van der Waals surface area contributed by atoms with Crippen molar-refractivity contribution in [3.05, 3.63) is 0 Å². The molecule has 16 heavy (non-hydrogen) atoms. The molecular weight excluding hydrogens is 196 g/mol. The van der Waals surface area contributed by atoms with Gasteiger partial charge in [-0.2, -0.15) is 0 Å². The second kappa shape index (κ2) is 6.05. The Labute approximate surface area is 102 Å². The summed E-state index contributed by atoms with van der Waals surface area (Å²) in [5.41, 5.74) is -0.369. The van der Waals surface area contributed by atoms with Crippen LogP contribution in [0.1, 0.15) is 72.6 Å². The lowest BCUT2D eigenvalue weighted by Crippen LogP contribution is -2.27. The van der Waals surface area contributed by atoms with E-state index in [4.69, 9.17) is 0 Å². The van der Waals surface area contributed by atoms with E-state index in [-0.39, 0.29) is 5.60 Å². The van der Waals surface area contributed by atoms with Crippen molar-refractivity contribution in [1.82, 2.24) is 0 Å². The van der Waals surface area contributed by atoms with E-state index in [9.17, 15) is 5.11 Å². The molecule has 1 N–H and O–H groups in total. The van der Waals surface area contributed by atoms with E-state index < -0.39 is 0 Å². The van der Waals surface area contributed by atoms with Crippen LogP contribution < -0.4 is 0 Å². The molecule has 0 heterocycles. The van der Waals surface area contributed by atoms with Crippen LogP contribution in [0.3, 0.4) is 0 Å². The smallest absolute Gasteiger partial charge is 0.0647 e. The van der Waals surface area contributed by atoms with Crippen LogP contribution >= 0.6 is 0 Å². The molecule has 1 aliphatic rings. The number of aliphatic hydroxyl groups is 1.